The van der Waals surface area contributed by atoms with Crippen molar-refractivity contribution < 1.29 is 8.78 Å². The Balaban J connectivity index is 1.94. The standard InChI is InChI=1S/C23H19F2N3/c1-2-16-12-26-23(17-5-9-20(25)10-6-17)21(22(16)18-13-27-28-14-18)11-15-3-7-19(24)8-4-15/h3-10,12-14H,2,11H2,1H3,(H,27,28). The molecule has 0 unspecified atom stereocenters. The van der Waals surface area contributed by atoms with Crippen LogP contribution in [0.2, 0.25) is 0 Å². The number of rotatable bonds is 5. The van der Waals surface area contributed by atoms with Crippen LogP contribution in [0.5, 0.6) is 0 Å². The molecule has 28 heavy (non-hydrogen) atoms. The molecule has 0 spiro atoms. The van der Waals surface area contributed by atoms with Gasteiger partial charge >= 0.3 is 0 Å². The summed E-state index contributed by atoms with van der Waals surface area (Å²) in [6.07, 6.45) is 6.91. The van der Waals surface area contributed by atoms with Crippen molar-refractivity contribution in [2.24, 2.45) is 0 Å². The molecule has 2 heterocycles. The number of H-pyrrole nitrogens is 1. The molecule has 1 N–H and O–H groups in total. The van der Waals surface area contributed by atoms with Crippen molar-refractivity contribution in [1.29, 1.82) is 0 Å². The molecule has 0 aliphatic carbocycles. The molecule has 3 nitrogen and oxygen atoms in total. The van der Waals surface area contributed by atoms with Gasteiger partial charge in [-0.3, -0.25) is 10.1 Å². The first kappa shape index (κ1) is 18.0. The zero-order chi connectivity index (χ0) is 19.5. The lowest BCUT2D eigenvalue weighted by Crippen LogP contribution is -2.03. The molecule has 0 radical (unpaired) electrons. The van der Waals surface area contributed by atoms with E-state index in [2.05, 4.69) is 17.1 Å². The van der Waals surface area contributed by atoms with Gasteiger partial charge in [-0.15, -0.1) is 0 Å². The lowest BCUT2D eigenvalue weighted by molar-refractivity contribution is 0.627. The number of hydrogen-bond acceptors (Lipinski definition) is 2. The molecule has 0 amide bonds. The van der Waals surface area contributed by atoms with E-state index in [0.717, 1.165) is 45.5 Å². The first-order valence-electron chi connectivity index (χ1n) is 9.16. The number of benzene rings is 2. The largest absolute Gasteiger partial charge is 0.285 e. The zero-order valence-corrected chi connectivity index (χ0v) is 15.4. The van der Waals surface area contributed by atoms with Gasteiger partial charge < -0.3 is 0 Å². The SMILES string of the molecule is CCc1cnc(-c2ccc(F)cc2)c(Cc2ccc(F)cc2)c1-c1cn[nH]c1. The van der Waals surface area contributed by atoms with Gasteiger partial charge in [0.2, 0.25) is 0 Å². The van der Waals surface area contributed by atoms with Gasteiger partial charge in [0.1, 0.15) is 11.6 Å². The minimum absolute atomic E-state index is 0.266. The van der Waals surface area contributed by atoms with Crippen molar-refractivity contribution in [3.8, 4) is 22.4 Å². The number of hydrogen-bond donors (Lipinski definition) is 1. The van der Waals surface area contributed by atoms with Crippen LogP contribution in [-0.4, -0.2) is 15.2 Å². The molecule has 0 saturated heterocycles. The Hall–Kier alpha value is -3.34. The number of halogens is 2. The molecule has 0 bridgehead atoms. The fourth-order valence-corrected chi connectivity index (χ4v) is 3.45. The van der Waals surface area contributed by atoms with E-state index >= 15 is 0 Å². The van der Waals surface area contributed by atoms with Crippen LogP contribution >= 0.6 is 0 Å². The van der Waals surface area contributed by atoms with Crippen molar-refractivity contribution in [3.05, 3.63) is 95.4 Å². The lowest BCUT2D eigenvalue weighted by atomic mass is 9.89. The Bertz CT molecular complexity index is 1070. The Morgan fingerprint density at radius 2 is 1.54 bits per heavy atom. The van der Waals surface area contributed by atoms with E-state index < -0.39 is 0 Å². The molecule has 0 atom stereocenters. The van der Waals surface area contributed by atoms with E-state index in [1.807, 2.05) is 12.4 Å². The second-order valence-electron chi connectivity index (χ2n) is 6.64. The molecule has 5 heteroatoms. The molecular weight excluding hydrogens is 356 g/mol. The van der Waals surface area contributed by atoms with Crippen molar-refractivity contribution in [3.63, 3.8) is 0 Å². The number of aromatic amines is 1. The predicted octanol–water partition coefficient (Wildman–Crippen LogP) is 5.57. The summed E-state index contributed by atoms with van der Waals surface area (Å²) in [5.41, 5.74) is 6.76. The average Bonchev–Trinajstić information content (AvgIpc) is 3.24. The number of aromatic nitrogens is 3. The molecule has 2 aromatic heterocycles. The minimum Gasteiger partial charge on any atom is -0.285 e. The number of aryl methyl sites for hydroxylation is 1. The van der Waals surface area contributed by atoms with Crippen molar-refractivity contribution in [2.75, 3.05) is 0 Å². The normalized spacial score (nSPS) is 11.0. The second kappa shape index (κ2) is 7.72. The summed E-state index contributed by atoms with van der Waals surface area (Å²) in [6, 6.07) is 12.8. The third-order valence-corrected chi connectivity index (χ3v) is 4.84. The lowest BCUT2D eigenvalue weighted by Gasteiger charge is -2.17. The van der Waals surface area contributed by atoms with Gasteiger partial charge in [0, 0.05) is 29.9 Å². The van der Waals surface area contributed by atoms with E-state index in [1.165, 1.54) is 24.3 Å². The maximum Gasteiger partial charge on any atom is 0.123 e. The van der Waals surface area contributed by atoms with Gasteiger partial charge in [0.25, 0.3) is 0 Å². The van der Waals surface area contributed by atoms with Crippen LogP contribution in [-0.2, 0) is 12.8 Å². The van der Waals surface area contributed by atoms with E-state index in [-0.39, 0.29) is 11.6 Å². The maximum atomic E-state index is 13.4. The second-order valence-corrected chi connectivity index (χ2v) is 6.64. The highest BCUT2D eigenvalue weighted by atomic mass is 19.1. The van der Waals surface area contributed by atoms with Crippen molar-refractivity contribution >= 4 is 0 Å². The topological polar surface area (TPSA) is 41.6 Å². The van der Waals surface area contributed by atoms with Crippen molar-refractivity contribution in [1.82, 2.24) is 15.2 Å². The van der Waals surface area contributed by atoms with Gasteiger partial charge in [0.15, 0.2) is 0 Å². The van der Waals surface area contributed by atoms with Gasteiger partial charge in [-0.05, 0) is 65.1 Å². The third kappa shape index (κ3) is 3.56. The molecule has 4 aromatic rings. The molecule has 0 saturated carbocycles. The monoisotopic (exact) mass is 375 g/mol. The van der Waals surface area contributed by atoms with Gasteiger partial charge in [-0.2, -0.15) is 5.10 Å². The highest BCUT2D eigenvalue weighted by Gasteiger charge is 2.18. The molecular formula is C23H19F2N3. The van der Waals surface area contributed by atoms with Crippen LogP contribution in [0.4, 0.5) is 8.78 Å². The fourth-order valence-electron chi connectivity index (χ4n) is 3.45. The third-order valence-electron chi connectivity index (χ3n) is 4.84. The zero-order valence-electron chi connectivity index (χ0n) is 15.4. The summed E-state index contributed by atoms with van der Waals surface area (Å²) in [5, 5.41) is 6.98. The minimum atomic E-state index is -0.288. The van der Waals surface area contributed by atoms with E-state index in [1.54, 1.807) is 30.5 Å². The van der Waals surface area contributed by atoms with Crippen LogP contribution < -0.4 is 0 Å². The molecule has 2 aromatic carbocycles. The summed E-state index contributed by atoms with van der Waals surface area (Å²) < 4.78 is 26.8. The number of nitrogens with zero attached hydrogens (tertiary/aromatic N) is 2. The van der Waals surface area contributed by atoms with Crippen LogP contribution in [0.15, 0.2) is 67.1 Å². The number of nitrogens with one attached hydrogen (secondary N) is 1. The maximum absolute atomic E-state index is 13.4. The van der Waals surface area contributed by atoms with E-state index in [9.17, 15) is 8.78 Å². The van der Waals surface area contributed by atoms with Crippen LogP contribution in [0.25, 0.3) is 22.4 Å². The summed E-state index contributed by atoms with van der Waals surface area (Å²) in [4.78, 5) is 4.71. The molecule has 0 aliphatic rings. The fraction of sp³-hybridized carbons (Fsp3) is 0.130. The Kier molecular flexibility index (Phi) is 4.98. The number of pyridine rings is 1. The van der Waals surface area contributed by atoms with Crippen LogP contribution in [0, 0.1) is 11.6 Å². The van der Waals surface area contributed by atoms with E-state index in [0.29, 0.717) is 6.42 Å². The van der Waals surface area contributed by atoms with E-state index in [4.69, 9.17) is 4.98 Å². The van der Waals surface area contributed by atoms with Crippen molar-refractivity contribution in [2.45, 2.75) is 19.8 Å². The Labute approximate surface area is 162 Å². The Morgan fingerprint density at radius 3 is 2.14 bits per heavy atom. The van der Waals surface area contributed by atoms with Gasteiger partial charge in [-0.25, -0.2) is 8.78 Å². The summed E-state index contributed by atoms with van der Waals surface area (Å²) >= 11 is 0. The smallest absolute Gasteiger partial charge is 0.123 e. The van der Waals surface area contributed by atoms with Crippen LogP contribution in [0.1, 0.15) is 23.6 Å². The highest BCUT2D eigenvalue weighted by molar-refractivity contribution is 5.78. The van der Waals surface area contributed by atoms with Crippen LogP contribution in [0.3, 0.4) is 0 Å². The average molecular weight is 375 g/mol. The van der Waals surface area contributed by atoms with Gasteiger partial charge in [-0.1, -0.05) is 19.1 Å². The Morgan fingerprint density at radius 1 is 0.857 bits per heavy atom. The predicted molar refractivity (Wildman–Crippen MR) is 106 cm³/mol. The molecule has 140 valence electrons. The molecule has 4 rings (SSSR count). The quantitative estimate of drug-likeness (QED) is 0.495. The first-order chi connectivity index (χ1) is 13.7. The first-order valence-corrected chi connectivity index (χ1v) is 9.16. The summed E-state index contributed by atoms with van der Waals surface area (Å²) in [7, 11) is 0. The summed E-state index contributed by atoms with van der Waals surface area (Å²) in [6.45, 7) is 2.08. The van der Waals surface area contributed by atoms with Gasteiger partial charge in [0.05, 0.1) is 11.9 Å². The summed E-state index contributed by atoms with van der Waals surface area (Å²) in [5.74, 6) is -0.554. The highest BCUT2D eigenvalue weighted by Crippen LogP contribution is 2.35. The molecule has 0 aliphatic heterocycles. The molecule has 0 fully saturated rings.